The molecule has 2 aliphatic heterocycles. The maximum atomic E-state index is 12.9. The number of rotatable bonds is 7. The van der Waals surface area contributed by atoms with E-state index in [4.69, 9.17) is 9.47 Å². The van der Waals surface area contributed by atoms with E-state index in [1.165, 1.54) is 25.9 Å². The fraction of sp³-hybridized carbons (Fsp3) is 0.233. The number of hydrogen-bond donors (Lipinski definition) is 2. The lowest BCUT2D eigenvalue weighted by molar-refractivity contribution is -0.110. The SMILES string of the molecule is COc1ccccc1-c1ccc2c(c1)NC(=O)/C2=C/c1cc2cc(OCCN3CCCC3)ccc2[nH]1. The number of carbonyl (C=O) groups is 1. The van der Waals surface area contributed by atoms with E-state index in [0.717, 1.165) is 57.0 Å². The second-order valence-corrected chi connectivity index (χ2v) is 9.34. The molecule has 0 bridgehead atoms. The minimum atomic E-state index is -0.105. The predicted molar refractivity (Wildman–Crippen MR) is 144 cm³/mol. The first kappa shape index (κ1) is 22.4. The van der Waals surface area contributed by atoms with Gasteiger partial charge in [0.1, 0.15) is 18.1 Å². The number of methoxy groups -OCH3 is 1. The lowest BCUT2D eigenvalue weighted by Crippen LogP contribution is -2.25. The maximum Gasteiger partial charge on any atom is 0.256 e. The molecule has 1 fully saturated rings. The standard InChI is InChI=1S/C30H29N3O3/c1-35-29-7-3-2-6-24(29)20-8-10-25-26(30(34)32-28(25)18-20)19-22-16-21-17-23(9-11-27(21)31-22)36-15-14-33-12-4-5-13-33/h2-3,6-11,16-19,31H,4-5,12-15H2,1H3,(H,32,34)/b26-19+. The number of nitrogens with zero attached hydrogens (tertiary/aromatic N) is 1. The van der Waals surface area contributed by atoms with Gasteiger partial charge in [0, 0.05) is 40.0 Å². The van der Waals surface area contributed by atoms with Crippen molar-refractivity contribution in [3.05, 3.63) is 78.0 Å². The number of nitrogens with one attached hydrogen (secondary N) is 2. The van der Waals surface area contributed by atoms with Crippen molar-refractivity contribution in [2.75, 3.05) is 38.7 Å². The van der Waals surface area contributed by atoms with Gasteiger partial charge in [-0.25, -0.2) is 0 Å². The fourth-order valence-electron chi connectivity index (χ4n) is 5.14. The van der Waals surface area contributed by atoms with Crippen LogP contribution in [0.15, 0.2) is 66.7 Å². The molecule has 6 rings (SSSR count). The molecule has 2 aliphatic rings. The van der Waals surface area contributed by atoms with Crippen LogP contribution in [0.4, 0.5) is 5.69 Å². The minimum Gasteiger partial charge on any atom is -0.496 e. The number of aromatic nitrogens is 1. The van der Waals surface area contributed by atoms with Crippen LogP contribution in [-0.2, 0) is 4.79 Å². The highest BCUT2D eigenvalue weighted by Gasteiger charge is 2.25. The molecule has 0 unspecified atom stereocenters. The summed E-state index contributed by atoms with van der Waals surface area (Å²) in [4.78, 5) is 18.7. The number of ether oxygens (including phenoxy) is 2. The average molecular weight is 480 g/mol. The normalized spacial score (nSPS) is 16.5. The largest absolute Gasteiger partial charge is 0.496 e. The molecule has 182 valence electrons. The van der Waals surface area contributed by atoms with E-state index in [2.05, 4.69) is 27.3 Å². The van der Waals surface area contributed by atoms with Crippen molar-refractivity contribution in [3.8, 4) is 22.6 Å². The number of aromatic amines is 1. The van der Waals surface area contributed by atoms with Crippen LogP contribution in [0.25, 0.3) is 33.7 Å². The van der Waals surface area contributed by atoms with Crippen molar-refractivity contribution in [2.45, 2.75) is 12.8 Å². The monoisotopic (exact) mass is 479 g/mol. The third-order valence-electron chi connectivity index (χ3n) is 7.01. The number of amides is 1. The first-order valence-electron chi connectivity index (χ1n) is 12.5. The van der Waals surface area contributed by atoms with E-state index in [-0.39, 0.29) is 5.91 Å². The highest BCUT2D eigenvalue weighted by Crippen LogP contribution is 2.38. The molecule has 1 amide bonds. The molecule has 0 spiro atoms. The molecule has 1 saturated heterocycles. The molecule has 0 atom stereocenters. The zero-order chi connectivity index (χ0) is 24.5. The Morgan fingerprint density at radius 1 is 0.972 bits per heavy atom. The van der Waals surface area contributed by atoms with Gasteiger partial charge in [-0.3, -0.25) is 9.69 Å². The Labute approximate surface area is 210 Å². The van der Waals surface area contributed by atoms with Crippen molar-refractivity contribution in [1.29, 1.82) is 0 Å². The zero-order valence-corrected chi connectivity index (χ0v) is 20.3. The highest BCUT2D eigenvalue weighted by molar-refractivity contribution is 6.35. The lowest BCUT2D eigenvalue weighted by atomic mass is 9.99. The van der Waals surface area contributed by atoms with Crippen LogP contribution in [0, 0.1) is 0 Å². The summed E-state index contributed by atoms with van der Waals surface area (Å²) in [5, 5.41) is 4.08. The average Bonchev–Trinajstić information content (AvgIpc) is 3.63. The first-order chi connectivity index (χ1) is 17.7. The molecule has 6 nitrogen and oxygen atoms in total. The van der Waals surface area contributed by atoms with Crippen LogP contribution in [0.3, 0.4) is 0 Å². The summed E-state index contributed by atoms with van der Waals surface area (Å²) in [6.07, 6.45) is 4.50. The Balaban J connectivity index is 1.23. The van der Waals surface area contributed by atoms with E-state index >= 15 is 0 Å². The zero-order valence-electron chi connectivity index (χ0n) is 20.3. The van der Waals surface area contributed by atoms with Gasteiger partial charge in [0.2, 0.25) is 0 Å². The molecule has 36 heavy (non-hydrogen) atoms. The van der Waals surface area contributed by atoms with Gasteiger partial charge < -0.3 is 19.8 Å². The van der Waals surface area contributed by atoms with Crippen LogP contribution in [0.1, 0.15) is 24.1 Å². The van der Waals surface area contributed by atoms with Gasteiger partial charge in [-0.15, -0.1) is 0 Å². The summed E-state index contributed by atoms with van der Waals surface area (Å²) in [5.74, 6) is 1.56. The summed E-state index contributed by atoms with van der Waals surface area (Å²) in [5.41, 5.74) is 6.22. The molecule has 3 heterocycles. The molecule has 0 saturated carbocycles. The summed E-state index contributed by atoms with van der Waals surface area (Å²) < 4.78 is 11.5. The number of carbonyl (C=O) groups excluding carboxylic acids is 1. The number of para-hydroxylation sites is 1. The van der Waals surface area contributed by atoms with Gasteiger partial charge in [-0.05, 0) is 74.0 Å². The van der Waals surface area contributed by atoms with Crippen molar-refractivity contribution in [1.82, 2.24) is 9.88 Å². The van der Waals surface area contributed by atoms with E-state index in [9.17, 15) is 4.79 Å². The fourth-order valence-corrected chi connectivity index (χ4v) is 5.14. The van der Waals surface area contributed by atoms with Gasteiger partial charge in [-0.2, -0.15) is 0 Å². The van der Waals surface area contributed by atoms with E-state index < -0.39 is 0 Å². The maximum absolute atomic E-state index is 12.9. The van der Waals surface area contributed by atoms with Crippen molar-refractivity contribution >= 4 is 34.1 Å². The molecular formula is C30H29N3O3. The number of benzene rings is 3. The van der Waals surface area contributed by atoms with Crippen LogP contribution in [0.5, 0.6) is 11.5 Å². The van der Waals surface area contributed by atoms with Crippen LogP contribution in [0.2, 0.25) is 0 Å². The predicted octanol–water partition coefficient (Wildman–Crippen LogP) is 5.81. The Morgan fingerprint density at radius 3 is 2.69 bits per heavy atom. The van der Waals surface area contributed by atoms with Gasteiger partial charge in [0.25, 0.3) is 5.91 Å². The first-order valence-corrected chi connectivity index (χ1v) is 12.5. The van der Waals surface area contributed by atoms with E-state index in [1.54, 1.807) is 7.11 Å². The molecule has 0 aliphatic carbocycles. The van der Waals surface area contributed by atoms with Gasteiger partial charge in [-0.1, -0.05) is 30.3 Å². The van der Waals surface area contributed by atoms with Crippen molar-refractivity contribution < 1.29 is 14.3 Å². The second kappa shape index (κ2) is 9.55. The van der Waals surface area contributed by atoms with Crippen molar-refractivity contribution in [3.63, 3.8) is 0 Å². The third-order valence-corrected chi connectivity index (χ3v) is 7.01. The third kappa shape index (κ3) is 4.36. The van der Waals surface area contributed by atoms with Gasteiger partial charge >= 0.3 is 0 Å². The van der Waals surface area contributed by atoms with E-state index in [1.807, 2.05) is 60.7 Å². The van der Waals surface area contributed by atoms with Crippen LogP contribution < -0.4 is 14.8 Å². The summed E-state index contributed by atoms with van der Waals surface area (Å²) in [7, 11) is 1.67. The lowest BCUT2D eigenvalue weighted by Gasteiger charge is -2.14. The topological polar surface area (TPSA) is 66.6 Å². The molecule has 0 radical (unpaired) electrons. The van der Waals surface area contributed by atoms with Crippen LogP contribution in [-0.4, -0.2) is 49.1 Å². The highest BCUT2D eigenvalue weighted by atomic mass is 16.5. The van der Waals surface area contributed by atoms with Gasteiger partial charge in [0.05, 0.1) is 12.7 Å². The number of anilines is 1. The Morgan fingerprint density at radius 2 is 1.83 bits per heavy atom. The molecule has 4 aromatic rings. The van der Waals surface area contributed by atoms with Gasteiger partial charge in [0.15, 0.2) is 0 Å². The molecule has 6 heteroatoms. The Bertz CT molecular complexity index is 1460. The van der Waals surface area contributed by atoms with Crippen molar-refractivity contribution in [2.24, 2.45) is 0 Å². The molecule has 3 aromatic carbocycles. The smallest absolute Gasteiger partial charge is 0.256 e. The summed E-state index contributed by atoms with van der Waals surface area (Å²) in [6.45, 7) is 4.02. The number of H-pyrrole nitrogens is 1. The quantitative estimate of drug-likeness (QED) is 0.328. The second-order valence-electron chi connectivity index (χ2n) is 9.34. The Kier molecular flexibility index (Phi) is 5.95. The summed E-state index contributed by atoms with van der Waals surface area (Å²) >= 11 is 0. The molecular weight excluding hydrogens is 450 g/mol. The summed E-state index contributed by atoms with van der Waals surface area (Å²) in [6, 6.07) is 22.1. The number of fused-ring (bicyclic) bond motifs is 2. The Hall–Kier alpha value is -4.03. The van der Waals surface area contributed by atoms with Crippen LogP contribution >= 0.6 is 0 Å². The minimum absolute atomic E-state index is 0.105. The molecule has 2 N–H and O–H groups in total. The van der Waals surface area contributed by atoms with E-state index in [0.29, 0.717) is 12.2 Å². The molecule has 1 aromatic heterocycles. The number of likely N-dealkylation sites (tertiary alicyclic amines) is 1. The number of hydrogen-bond acceptors (Lipinski definition) is 4.